The summed E-state index contributed by atoms with van der Waals surface area (Å²) in [5, 5.41) is 8.38. The van der Waals surface area contributed by atoms with E-state index < -0.39 is 0 Å². The summed E-state index contributed by atoms with van der Waals surface area (Å²) in [5.74, 6) is 0. The van der Waals surface area contributed by atoms with Gasteiger partial charge >= 0.3 is 66.4 Å². The van der Waals surface area contributed by atoms with Crippen LogP contribution in [0.4, 0.5) is 0 Å². The Morgan fingerprint density at radius 2 is 2.33 bits per heavy atom. The van der Waals surface area contributed by atoms with E-state index in [2.05, 4.69) is 4.98 Å². The van der Waals surface area contributed by atoms with Gasteiger partial charge in [-0.1, -0.05) is 0 Å². The van der Waals surface area contributed by atoms with Gasteiger partial charge < -0.3 is 0 Å². The fourth-order valence-corrected chi connectivity index (χ4v) is 1.16. The van der Waals surface area contributed by atoms with Gasteiger partial charge in [0.05, 0.1) is 0 Å². The van der Waals surface area contributed by atoms with E-state index in [1.807, 2.05) is 12.1 Å². The number of hydrogen-bond donors (Lipinski definition) is 0. The van der Waals surface area contributed by atoms with Crippen molar-refractivity contribution >= 4 is 26.1 Å². The van der Waals surface area contributed by atoms with Crippen LogP contribution in [0.25, 0.3) is 0 Å². The molecule has 0 unspecified atom stereocenters. The van der Waals surface area contributed by atoms with Gasteiger partial charge in [-0.05, 0) is 0 Å². The molecule has 3 radical (unpaired) electrons. The zero-order valence-electron chi connectivity index (χ0n) is 4.63. The van der Waals surface area contributed by atoms with Gasteiger partial charge in [0.2, 0.25) is 0 Å². The molecule has 0 spiro atoms. The van der Waals surface area contributed by atoms with Gasteiger partial charge in [0.15, 0.2) is 0 Å². The summed E-state index contributed by atoms with van der Waals surface area (Å²) in [4.78, 5) is 3.86. The maximum atomic E-state index is 8.38. The standard InChI is InChI=1S/C6H3N2.Sn/c7-4-6-2-1-3-8-5-6;/h2-3,5H;. The molecule has 0 N–H and O–H groups in total. The van der Waals surface area contributed by atoms with Gasteiger partial charge in [-0.15, -0.1) is 0 Å². The molecule has 0 atom stereocenters. The summed E-state index contributed by atoms with van der Waals surface area (Å²) in [5.41, 5.74) is 0.643. The maximum absolute atomic E-state index is 8.38. The topological polar surface area (TPSA) is 36.7 Å². The van der Waals surface area contributed by atoms with Crippen molar-refractivity contribution in [3.63, 3.8) is 0 Å². The van der Waals surface area contributed by atoms with Crippen molar-refractivity contribution in [2.24, 2.45) is 0 Å². The minimum atomic E-state index is 0.643. The van der Waals surface area contributed by atoms with E-state index in [9.17, 15) is 0 Å². The van der Waals surface area contributed by atoms with Gasteiger partial charge in [0, 0.05) is 0 Å². The normalized spacial score (nSPS) is 8.44. The van der Waals surface area contributed by atoms with Crippen LogP contribution in [0.3, 0.4) is 0 Å². The molecule has 0 aromatic carbocycles. The van der Waals surface area contributed by atoms with E-state index >= 15 is 0 Å². The molecule has 1 aromatic heterocycles. The Hall–Kier alpha value is -0.561. The monoisotopic (exact) mass is 223 g/mol. The van der Waals surface area contributed by atoms with E-state index in [0.29, 0.717) is 5.56 Å². The Labute approximate surface area is 66.6 Å². The fourth-order valence-electron chi connectivity index (χ4n) is 0.501. The number of pyridine rings is 1. The average molecular weight is 222 g/mol. The number of nitriles is 1. The SMILES string of the molecule is N#Cc1cnc[c]([Sn])c1. The molecule has 1 aromatic rings. The van der Waals surface area contributed by atoms with Gasteiger partial charge in [-0.3, -0.25) is 0 Å². The predicted molar refractivity (Wildman–Crippen MR) is 34.3 cm³/mol. The average Bonchev–Trinajstić information content (AvgIpc) is 1.88. The Morgan fingerprint density at radius 3 is 2.78 bits per heavy atom. The molecule has 0 saturated carbocycles. The Bertz CT molecular complexity index is 251. The Balaban J connectivity index is 3.12. The van der Waals surface area contributed by atoms with Gasteiger partial charge in [0.1, 0.15) is 0 Å². The minimum absolute atomic E-state index is 0.643. The Morgan fingerprint density at radius 1 is 1.56 bits per heavy atom. The van der Waals surface area contributed by atoms with Crippen LogP contribution >= 0.6 is 0 Å². The quantitative estimate of drug-likeness (QED) is 0.567. The second kappa shape index (κ2) is 2.83. The van der Waals surface area contributed by atoms with Crippen LogP contribution in [0.5, 0.6) is 0 Å². The second-order valence-corrected chi connectivity index (χ2v) is 3.22. The molecule has 0 aliphatic heterocycles. The van der Waals surface area contributed by atoms with E-state index in [0.717, 1.165) is 3.58 Å². The molecule has 41 valence electrons. The van der Waals surface area contributed by atoms with E-state index in [1.165, 1.54) is 22.5 Å². The Kier molecular flexibility index (Phi) is 2.06. The third kappa shape index (κ3) is 1.68. The van der Waals surface area contributed by atoms with Gasteiger partial charge in [-0.2, -0.15) is 0 Å². The molecule has 0 fully saturated rings. The van der Waals surface area contributed by atoms with Crippen LogP contribution in [0.1, 0.15) is 5.56 Å². The van der Waals surface area contributed by atoms with Crippen LogP contribution in [0.15, 0.2) is 18.5 Å². The summed E-state index contributed by atoms with van der Waals surface area (Å²) in [6.07, 6.45) is 3.33. The molecule has 1 rings (SSSR count). The van der Waals surface area contributed by atoms with Crippen LogP contribution in [0, 0.1) is 11.3 Å². The summed E-state index contributed by atoms with van der Waals surface area (Å²) in [6, 6.07) is 3.86. The summed E-state index contributed by atoms with van der Waals surface area (Å²) in [7, 11) is 0. The van der Waals surface area contributed by atoms with Crippen LogP contribution < -0.4 is 3.58 Å². The van der Waals surface area contributed by atoms with Crippen molar-refractivity contribution in [3.05, 3.63) is 24.0 Å². The predicted octanol–water partition coefficient (Wildman–Crippen LogP) is -0.253. The molecule has 0 aliphatic rings. The molecule has 1 heterocycles. The number of nitrogens with zero attached hydrogens (tertiary/aromatic N) is 2. The van der Waals surface area contributed by atoms with E-state index in [4.69, 9.17) is 5.26 Å². The number of rotatable bonds is 0. The first-order chi connectivity index (χ1) is 4.33. The summed E-state index contributed by atoms with van der Waals surface area (Å²) in [6.45, 7) is 0. The van der Waals surface area contributed by atoms with Gasteiger partial charge in [0.25, 0.3) is 0 Å². The van der Waals surface area contributed by atoms with Crippen LogP contribution in [-0.4, -0.2) is 27.5 Å². The first-order valence-corrected chi connectivity index (χ1v) is 3.82. The van der Waals surface area contributed by atoms with Crippen molar-refractivity contribution in [1.82, 2.24) is 4.98 Å². The van der Waals surface area contributed by atoms with Crippen LogP contribution in [0.2, 0.25) is 0 Å². The number of aromatic nitrogens is 1. The molecular formula is C6H3N2Sn. The third-order valence-corrected chi connectivity index (χ3v) is 1.65. The molecule has 0 amide bonds. The van der Waals surface area contributed by atoms with Crippen molar-refractivity contribution in [2.45, 2.75) is 0 Å². The molecule has 3 heteroatoms. The van der Waals surface area contributed by atoms with Crippen molar-refractivity contribution < 1.29 is 0 Å². The van der Waals surface area contributed by atoms with Crippen molar-refractivity contribution in [2.75, 3.05) is 0 Å². The summed E-state index contributed by atoms with van der Waals surface area (Å²) < 4.78 is 1.11. The van der Waals surface area contributed by atoms with Crippen molar-refractivity contribution in [1.29, 1.82) is 5.26 Å². The zero-order valence-corrected chi connectivity index (χ0v) is 7.48. The molecule has 0 bridgehead atoms. The van der Waals surface area contributed by atoms with Crippen molar-refractivity contribution in [3.8, 4) is 6.07 Å². The second-order valence-electron chi connectivity index (χ2n) is 1.57. The molecule has 0 saturated heterocycles. The first-order valence-electron chi connectivity index (χ1n) is 2.39. The van der Waals surface area contributed by atoms with E-state index in [-0.39, 0.29) is 0 Å². The summed E-state index contributed by atoms with van der Waals surface area (Å²) >= 11 is 1.30. The third-order valence-electron chi connectivity index (χ3n) is 0.867. The number of hydrogen-bond acceptors (Lipinski definition) is 2. The van der Waals surface area contributed by atoms with E-state index in [1.54, 1.807) is 12.4 Å². The van der Waals surface area contributed by atoms with Gasteiger partial charge in [-0.25, -0.2) is 0 Å². The molecular weight excluding hydrogens is 219 g/mol. The zero-order chi connectivity index (χ0) is 6.69. The fraction of sp³-hybridized carbons (Fsp3) is 0. The first kappa shape index (κ1) is 6.56. The molecule has 0 aliphatic carbocycles. The molecule has 9 heavy (non-hydrogen) atoms. The molecule has 2 nitrogen and oxygen atoms in total. The van der Waals surface area contributed by atoms with Crippen LogP contribution in [-0.2, 0) is 0 Å².